The molecule has 0 aliphatic carbocycles. The maximum Gasteiger partial charge on any atom is 0.256 e. The van der Waals surface area contributed by atoms with E-state index in [9.17, 15) is 9.59 Å². The Labute approximate surface area is 198 Å². The lowest BCUT2D eigenvalue weighted by atomic mass is 10.1. The van der Waals surface area contributed by atoms with Crippen molar-refractivity contribution >= 4 is 35.4 Å². The van der Waals surface area contributed by atoms with Crippen LogP contribution in [-0.2, 0) is 0 Å². The molecule has 0 fully saturated rings. The van der Waals surface area contributed by atoms with E-state index < -0.39 is 0 Å². The molecule has 4 aromatic carbocycles. The first-order valence-corrected chi connectivity index (χ1v) is 11.0. The maximum atomic E-state index is 11.7. The van der Waals surface area contributed by atoms with E-state index >= 15 is 0 Å². The van der Waals surface area contributed by atoms with Crippen molar-refractivity contribution in [3.63, 3.8) is 0 Å². The third-order valence-corrected chi connectivity index (χ3v) is 5.64. The number of rotatable bonds is 2. The van der Waals surface area contributed by atoms with E-state index in [1.165, 1.54) is 0 Å². The number of amides is 2. The maximum absolute atomic E-state index is 11.7. The van der Waals surface area contributed by atoms with Crippen molar-refractivity contribution in [3.05, 3.63) is 143 Å². The molecule has 4 nitrogen and oxygen atoms in total. The molecular weight excluding hydrogens is 420 g/mol. The number of nitrogens with one attached hydrogen (secondary N) is 2. The van der Waals surface area contributed by atoms with Crippen LogP contribution in [0.2, 0.25) is 0 Å². The standard InChI is InChI=1S/2C15H11NO/c2*17-15-13-9-5-4-8-12(13)14(16-15)10-11-6-2-1-3-7-11/h2*1-10H,(H,16,17)/b2*14-10-. The van der Waals surface area contributed by atoms with Gasteiger partial charge in [0, 0.05) is 33.6 Å². The first-order valence-electron chi connectivity index (χ1n) is 11.0. The highest BCUT2D eigenvalue weighted by Gasteiger charge is 2.23. The zero-order valence-corrected chi connectivity index (χ0v) is 18.4. The summed E-state index contributed by atoms with van der Waals surface area (Å²) < 4.78 is 0. The highest BCUT2D eigenvalue weighted by atomic mass is 16.2. The van der Waals surface area contributed by atoms with Crippen LogP contribution in [0.15, 0.2) is 109 Å². The number of hydrogen-bond donors (Lipinski definition) is 2. The number of carbonyl (C=O) groups is 2. The molecule has 0 atom stereocenters. The van der Waals surface area contributed by atoms with Crippen molar-refractivity contribution in [3.8, 4) is 0 Å². The Balaban J connectivity index is 0.000000142. The quantitative estimate of drug-likeness (QED) is 0.409. The summed E-state index contributed by atoms with van der Waals surface area (Å²) >= 11 is 0. The third kappa shape index (κ3) is 4.43. The lowest BCUT2D eigenvalue weighted by Crippen LogP contribution is -2.11. The summed E-state index contributed by atoms with van der Waals surface area (Å²) in [5.74, 6) is -0.0504. The molecule has 0 saturated carbocycles. The molecule has 4 heteroatoms. The fraction of sp³-hybridized carbons (Fsp3) is 0. The highest BCUT2D eigenvalue weighted by molar-refractivity contribution is 6.12. The molecule has 164 valence electrons. The number of fused-ring (bicyclic) bond motifs is 2. The fourth-order valence-corrected chi connectivity index (χ4v) is 4.01. The van der Waals surface area contributed by atoms with Gasteiger partial charge in [-0.1, -0.05) is 97.1 Å². The normalized spacial score (nSPS) is 15.8. The molecule has 0 bridgehead atoms. The van der Waals surface area contributed by atoms with Gasteiger partial charge in [-0.3, -0.25) is 9.59 Å². The summed E-state index contributed by atoms with van der Waals surface area (Å²) in [6.07, 6.45) is 3.98. The van der Waals surface area contributed by atoms with Gasteiger partial charge in [-0.15, -0.1) is 0 Å². The Hall–Kier alpha value is -4.70. The van der Waals surface area contributed by atoms with E-state index in [0.717, 1.165) is 44.8 Å². The van der Waals surface area contributed by atoms with Crippen LogP contribution in [0.3, 0.4) is 0 Å². The van der Waals surface area contributed by atoms with Gasteiger partial charge in [0.05, 0.1) is 0 Å². The molecule has 0 radical (unpaired) electrons. The van der Waals surface area contributed by atoms with Gasteiger partial charge in [-0.25, -0.2) is 0 Å². The molecule has 2 aliphatic heterocycles. The van der Waals surface area contributed by atoms with Gasteiger partial charge in [0.1, 0.15) is 0 Å². The molecule has 2 heterocycles. The Morgan fingerprint density at radius 3 is 1.12 bits per heavy atom. The average Bonchev–Trinajstić information content (AvgIpc) is 3.37. The molecule has 0 aromatic heterocycles. The molecule has 2 N–H and O–H groups in total. The third-order valence-electron chi connectivity index (χ3n) is 5.64. The molecule has 4 aromatic rings. The summed E-state index contributed by atoms with van der Waals surface area (Å²) in [5.41, 5.74) is 7.35. The predicted octanol–water partition coefficient (Wildman–Crippen LogP) is 5.86. The Bertz CT molecular complexity index is 1310. The van der Waals surface area contributed by atoms with E-state index in [0.29, 0.717) is 0 Å². The van der Waals surface area contributed by atoms with Gasteiger partial charge in [0.25, 0.3) is 11.8 Å². The van der Waals surface area contributed by atoms with Gasteiger partial charge < -0.3 is 10.6 Å². The number of benzene rings is 4. The van der Waals surface area contributed by atoms with Crippen LogP contribution in [0, 0.1) is 0 Å². The van der Waals surface area contributed by atoms with Crippen LogP contribution in [0.5, 0.6) is 0 Å². The molecule has 34 heavy (non-hydrogen) atoms. The minimum absolute atomic E-state index is 0.0252. The first-order chi connectivity index (χ1) is 16.7. The summed E-state index contributed by atoms with van der Waals surface area (Å²) in [7, 11) is 0. The minimum atomic E-state index is -0.0252. The summed E-state index contributed by atoms with van der Waals surface area (Å²) in [5, 5.41) is 5.78. The summed E-state index contributed by atoms with van der Waals surface area (Å²) in [4.78, 5) is 23.4. The fourth-order valence-electron chi connectivity index (χ4n) is 4.01. The topological polar surface area (TPSA) is 58.2 Å². The zero-order chi connectivity index (χ0) is 23.3. The number of carbonyl (C=O) groups excluding carboxylic acids is 2. The Kier molecular flexibility index (Phi) is 5.87. The van der Waals surface area contributed by atoms with Crippen molar-refractivity contribution in [1.82, 2.24) is 10.6 Å². The lowest BCUT2D eigenvalue weighted by molar-refractivity contribution is 0.0972. The van der Waals surface area contributed by atoms with Gasteiger partial charge in [0.15, 0.2) is 0 Å². The van der Waals surface area contributed by atoms with E-state index in [1.807, 2.05) is 121 Å². The SMILES string of the molecule is O=C1N/C(=C\c2ccccc2)c2ccccc21.O=C1N/C(=C\c2ccccc2)c2ccccc21. The van der Waals surface area contributed by atoms with E-state index in [4.69, 9.17) is 0 Å². The molecule has 0 saturated heterocycles. The summed E-state index contributed by atoms with van der Waals surface area (Å²) in [6.45, 7) is 0. The van der Waals surface area contributed by atoms with Crippen molar-refractivity contribution in [1.29, 1.82) is 0 Å². The zero-order valence-electron chi connectivity index (χ0n) is 18.4. The van der Waals surface area contributed by atoms with Crippen molar-refractivity contribution in [2.75, 3.05) is 0 Å². The van der Waals surface area contributed by atoms with Crippen LogP contribution in [0.25, 0.3) is 23.5 Å². The van der Waals surface area contributed by atoms with E-state index in [-0.39, 0.29) is 11.8 Å². The molecule has 0 spiro atoms. The van der Waals surface area contributed by atoms with Gasteiger partial charge in [-0.05, 0) is 35.4 Å². The second-order valence-electron chi connectivity index (χ2n) is 7.94. The lowest BCUT2D eigenvalue weighted by Gasteiger charge is -1.99. The van der Waals surface area contributed by atoms with Gasteiger partial charge in [-0.2, -0.15) is 0 Å². The monoisotopic (exact) mass is 442 g/mol. The summed E-state index contributed by atoms with van der Waals surface area (Å²) in [6, 6.07) is 35.2. The highest BCUT2D eigenvalue weighted by Crippen LogP contribution is 2.26. The van der Waals surface area contributed by atoms with Crippen LogP contribution in [-0.4, -0.2) is 11.8 Å². The van der Waals surface area contributed by atoms with Crippen molar-refractivity contribution < 1.29 is 9.59 Å². The van der Waals surface area contributed by atoms with E-state index in [1.54, 1.807) is 0 Å². The molecule has 6 rings (SSSR count). The van der Waals surface area contributed by atoms with Crippen LogP contribution in [0.1, 0.15) is 43.0 Å². The largest absolute Gasteiger partial charge is 0.321 e. The van der Waals surface area contributed by atoms with Crippen molar-refractivity contribution in [2.45, 2.75) is 0 Å². The Morgan fingerprint density at radius 2 is 0.735 bits per heavy atom. The molecule has 0 unspecified atom stereocenters. The molecule has 2 amide bonds. The average molecular weight is 443 g/mol. The van der Waals surface area contributed by atoms with Crippen LogP contribution in [0.4, 0.5) is 0 Å². The minimum Gasteiger partial charge on any atom is -0.321 e. The predicted molar refractivity (Wildman–Crippen MR) is 136 cm³/mol. The van der Waals surface area contributed by atoms with Crippen molar-refractivity contribution in [2.24, 2.45) is 0 Å². The van der Waals surface area contributed by atoms with Gasteiger partial charge in [0.2, 0.25) is 0 Å². The van der Waals surface area contributed by atoms with Crippen LogP contribution >= 0.6 is 0 Å². The van der Waals surface area contributed by atoms with Crippen LogP contribution < -0.4 is 10.6 Å². The molecule has 2 aliphatic rings. The number of hydrogen-bond acceptors (Lipinski definition) is 2. The Morgan fingerprint density at radius 1 is 0.412 bits per heavy atom. The molecular formula is C30H22N2O2. The van der Waals surface area contributed by atoms with Gasteiger partial charge >= 0.3 is 0 Å². The van der Waals surface area contributed by atoms with E-state index in [2.05, 4.69) is 10.6 Å². The second-order valence-corrected chi connectivity index (χ2v) is 7.94. The smallest absolute Gasteiger partial charge is 0.256 e. The first kappa shape index (κ1) is 21.2. The second kappa shape index (κ2) is 9.43.